The fourth-order valence-electron chi connectivity index (χ4n) is 5.48. The van der Waals surface area contributed by atoms with Crippen molar-refractivity contribution in [2.45, 2.75) is 43.2 Å². The number of nitrogens with one attached hydrogen (secondary N) is 2. The lowest BCUT2D eigenvalue weighted by molar-refractivity contribution is -0.387. The molecular formula is C24H29FN4O5. The van der Waals surface area contributed by atoms with Gasteiger partial charge >= 0.3 is 11.7 Å². The van der Waals surface area contributed by atoms with Gasteiger partial charge in [0, 0.05) is 29.3 Å². The maximum absolute atomic E-state index is 13.6. The monoisotopic (exact) mass is 472 g/mol. The van der Waals surface area contributed by atoms with E-state index in [2.05, 4.69) is 34.7 Å². The molecule has 1 aliphatic carbocycles. The number of halogens is 1. The van der Waals surface area contributed by atoms with E-state index in [-0.39, 0.29) is 23.2 Å². The number of hydrogen-bond acceptors (Lipinski definition) is 6. The van der Waals surface area contributed by atoms with Crippen LogP contribution in [-0.4, -0.2) is 55.8 Å². The molecular weight excluding hydrogens is 443 g/mol. The molecule has 9 nitrogen and oxygen atoms in total. The number of nitrogens with zero attached hydrogens (tertiary/aromatic N) is 2. The van der Waals surface area contributed by atoms with Gasteiger partial charge in [-0.2, -0.15) is 4.39 Å². The molecule has 1 saturated heterocycles. The standard InChI is InChI=1S/C24H29FN4O5/c1-28-11-10-24(15-4-7-20(33-2)21(12-15)34-3)9-8-17(14-22(24)28)27-23(30)26-16-5-6-18(25)19(13-16)29(31)32/h4-7,12-13,17,22H,8-11,14H2,1-3H3,(H2,26,27,30)/t17-,22+,24-/m0/s1. The number of rotatable bonds is 6. The van der Waals surface area contributed by atoms with Gasteiger partial charge in [-0.15, -0.1) is 0 Å². The van der Waals surface area contributed by atoms with Crippen molar-refractivity contribution >= 4 is 17.4 Å². The summed E-state index contributed by atoms with van der Waals surface area (Å²) in [6, 6.07) is 9.11. The molecule has 1 aliphatic heterocycles. The first-order valence-corrected chi connectivity index (χ1v) is 11.2. The van der Waals surface area contributed by atoms with Gasteiger partial charge in [0.1, 0.15) is 0 Å². The van der Waals surface area contributed by atoms with E-state index in [0.717, 1.165) is 44.4 Å². The third-order valence-electron chi connectivity index (χ3n) is 7.22. The smallest absolute Gasteiger partial charge is 0.319 e. The average Bonchev–Trinajstić information content (AvgIpc) is 3.16. The molecule has 0 unspecified atom stereocenters. The number of methoxy groups -OCH3 is 2. The summed E-state index contributed by atoms with van der Waals surface area (Å²) in [4.78, 5) is 25.1. The number of carbonyl (C=O) groups is 1. The first-order chi connectivity index (χ1) is 16.3. The highest BCUT2D eigenvalue weighted by Crippen LogP contribution is 2.49. The lowest BCUT2D eigenvalue weighted by atomic mass is 9.65. The van der Waals surface area contributed by atoms with Crippen LogP contribution in [0.3, 0.4) is 0 Å². The molecule has 0 aromatic heterocycles. The van der Waals surface area contributed by atoms with Gasteiger partial charge in [0.05, 0.1) is 19.1 Å². The molecule has 0 spiro atoms. The van der Waals surface area contributed by atoms with Crippen LogP contribution in [0.1, 0.15) is 31.2 Å². The van der Waals surface area contributed by atoms with Crippen molar-refractivity contribution in [2.75, 3.05) is 33.1 Å². The first-order valence-electron chi connectivity index (χ1n) is 11.2. The minimum absolute atomic E-state index is 0.0411. The van der Waals surface area contributed by atoms with Gasteiger partial charge in [-0.05, 0) is 69.1 Å². The van der Waals surface area contributed by atoms with Crippen LogP contribution in [0.15, 0.2) is 36.4 Å². The molecule has 4 rings (SSSR count). The summed E-state index contributed by atoms with van der Waals surface area (Å²) < 4.78 is 24.5. The van der Waals surface area contributed by atoms with Crippen molar-refractivity contribution < 1.29 is 23.6 Å². The number of fused-ring (bicyclic) bond motifs is 1. The fourth-order valence-corrected chi connectivity index (χ4v) is 5.48. The third kappa shape index (κ3) is 4.37. The summed E-state index contributed by atoms with van der Waals surface area (Å²) in [5.74, 6) is 0.452. The number of likely N-dealkylation sites (tertiary alicyclic amines) is 1. The van der Waals surface area contributed by atoms with Crippen LogP contribution in [0.4, 0.5) is 20.6 Å². The second-order valence-electron chi connectivity index (χ2n) is 8.97. The number of hydrogen-bond donors (Lipinski definition) is 2. The molecule has 182 valence electrons. The van der Waals surface area contributed by atoms with Crippen LogP contribution in [0.25, 0.3) is 0 Å². The van der Waals surface area contributed by atoms with Gasteiger partial charge in [-0.1, -0.05) is 6.07 Å². The molecule has 2 fully saturated rings. The quantitative estimate of drug-likeness (QED) is 0.485. The van der Waals surface area contributed by atoms with E-state index in [1.165, 1.54) is 11.6 Å². The van der Waals surface area contributed by atoms with E-state index in [1.54, 1.807) is 14.2 Å². The Labute approximate surface area is 197 Å². The molecule has 2 aromatic rings. The van der Waals surface area contributed by atoms with E-state index >= 15 is 0 Å². The van der Waals surface area contributed by atoms with E-state index in [0.29, 0.717) is 11.5 Å². The van der Waals surface area contributed by atoms with Crippen LogP contribution in [0.2, 0.25) is 0 Å². The van der Waals surface area contributed by atoms with Gasteiger partial charge in [-0.25, -0.2) is 4.79 Å². The summed E-state index contributed by atoms with van der Waals surface area (Å²) in [5.41, 5.74) is 0.656. The Bertz CT molecular complexity index is 1100. The maximum Gasteiger partial charge on any atom is 0.319 e. The zero-order valence-electron chi connectivity index (χ0n) is 19.5. The van der Waals surface area contributed by atoms with Gasteiger partial charge in [-0.3, -0.25) is 10.1 Å². The molecule has 2 aromatic carbocycles. The highest BCUT2D eigenvalue weighted by atomic mass is 19.1. The second kappa shape index (κ2) is 9.46. The number of nitro groups is 1. The summed E-state index contributed by atoms with van der Waals surface area (Å²) in [6.07, 6.45) is 3.46. The van der Waals surface area contributed by atoms with Crippen LogP contribution in [0.5, 0.6) is 11.5 Å². The predicted molar refractivity (Wildman–Crippen MR) is 125 cm³/mol. The Morgan fingerprint density at radius 3 is 2.65 bits per heavy atom. The average molecular weight is 473 g/mol. The molecule has 2 aliphatic rings. The largest absolute Gasteiger partial charge is 0.493 e. The van der Waals surface area contributed by atoms with E-state index in [1.807, 2.05) is 6.07 Å². The van der Waals surface area contributed by atoms with E-state index in [4.69, 9.17) is 9.47 Å². The van der Waals surface area contributed by atoms with Crippen molar-refractivity contribution in [2.24, 2.45) is 0 Å². The maximum atomic E-state index is 13.6. The van der Waals surface area contributed by atoms with Gasteiger partial charge < -0.3 is 25.0 Å². The van der Waals surface area contributed by atoms with Crippen molar-refractivity contribution in [3.05, 3.63) is 57.9 Å². The van der Waals surface area contributed by atoms with Crippen molar-refractivity contribution in [3.8, 4) is 11.5 Å². The second-order valence-corrected chi connectivity index (χ2v) is 8.97. The number of ether oxygens (including phenoxy) is 2. The van der Waals surface area contributed by atoms with Crippen LogP contribution in [0, 0.1) is 15.9 Å². The highest BCUT2D eigenvalue weighted by molar-refractivity contribution is 5.89. The highest BCUT2D eigenvalue weighted by Gasteiger charge is 2.50. The minimum atomic E-state index is -0.945. The molecule has 2 amide bonds. The molecule has 3 atom stereocenters. The number of carbonyl (C=O) groups excluding carboxylic acids is 1. The predicted octanol–water partition coefficient (Wildman–Crippen LogP) is 4.07. The molecule has 1 saturated carbocycles. The van der Waals surface area contributed by atoms with Crippen molar-refractivity contribution in [3.63, 3.8) is 0 Å². The number of nitro benzene ring substituents is 1. The fraction of sp³-hybridized carbons (Fsp3) is 0.458. The van der Waals surface area contributed by atoms with Crippen molar-refractivity contribution in [1.29, 1.82) is 0 Å². The van der Waals surface area contributed by atoms with Crippen LogP contribution >= 0.6 is 0 Å². The summed E-state index contributed by atoms with van der Waals surface area (Å²) in [7, 11) is 5.36. The Morgan fingerprint density at radius 2 is 1.94 bits per heavy atom. The molecule has 34 heavy (non-hydrogen) atoms. The number of anilines is 1. The van der Waals surface area contributed by atoms with E-state index < -0.39 is 22.5 Å². The molecule has 0 radical (unpaired) electrons. The summed E-state index contributed by atoms with van der Waals surface area (Å²) in [5, 5.41) is 16.5. The molecule has 2 N–H and O–H groups in total. The van der Waals surface area contributed by atoms with E-state index in [9.17, 15) is 19.3 Å². The van der Waals surface area contributed by atoms with Crippen LogP contribution < -0.4 is 20.1 Å². The van der Waals surface area contributed by atoms with Gasteiger partial charge in [0.15, 0.2) is 11.5 Å². The Morgan fingerprint density at radius 1 is 1.18 bits per heavy atom. The molecule has 0 bridgehead atoms. The number of likely N-dealkylation sites (N-methyl/N-ethyl adjacent to an activating group) is 1. The first kappa shape index (κ1) is 23.7. The molecule has 1 heterocycles. The van der Waals surface area contributed by atoms with Gasteiger partial charge in [0.2, 0.25) is 5.82 Å². The number of benzene rings is 2. The lowest BCUT2D eigenvalue weighted by Crippen LogP contribution is -2.52. The SMILES string of the molecule is COc1ccc([C@@]23CC[C@H](NC(=O)Nc4ccc(F)c([N+](=O)[O-])c4)C[C@H]2N(C)CC3)cc1OC. The lowest BCUT2D eigenvalue weighted by Gasteiger charge is -2.45. The zero-order valence-corrected chi connectivity index (χ0v) is 19.5. The topological polar surface area (TPSA) is 106 Å². The zero-order chi connectivity index (χ0) is 24.5. The Balaban J connectivity index is 1.47. The summed E-state index contributed by atoms with van der Waals surface area (Å²) in [6.45, 7) is 0.956. The number of amides is 2. The van der Waals surface area contributed by atoms with Crippen molar-refractivity contribution in [1.82, 2.24) is 10.2 Å². The summed E-state index contributed by atoms with van der Waals surface area (Å²) >= 11 is 0. The molecule has 10 heteroatoms. The minimum Gasteiger partial charge on any atom is -0.493 e. The Hall–Kier alpha value is -3.40. The third-order valence-corrected chi connectivity index (χ3v) is 7.22. The normalized spacial score (nSPS) is 24.2. The van der Waals surface area contributed by atoms with Gasteiger partial charge in [0.25, 0.3) is 0 Å². The van der Waals surface area contributed by atoms with Crippen LogP contribution in [-0.2, 0) is 5.41 Å². The number of urea groups is 1. The Kier molecular flexibility index (Phi) is 6.60.